The molecule has 0 saturated carbocycles. The van der Waals surface area contributed by atoms with Crippen LogP contribution in [0.2, 0.25) is 10.0 Å². The van der Waals surface area contributed by atoms with Gasteiger partial charge in [-0.3, -0.25) is 0 Å². The van der Waals surface area contributed by atoms with Crippen molar-refractivity contribution in [3.63, 3.8) is 0 Å². The third kappa shape index (κ3) is 3.86. The molecule has 0 fully saturated rings. The maximum absolute atomic E-state index is 10.8. The van der Waals surface area contributed by atoms with Crippen molar-refractivity contribution in [1.29, 1.82) is 0 Å². The highest BCUT2D eigenvalue weighted by molar-refractivity contribution is 7.98. The van der Waals surface area contributed by atoms with Crippen LogP contribution >= 0.6 is 35.0 Å². The van der Waals surface area contributed by atoms with Gasteiger partial charge in [-0.15, -0.1) is 11.8 Å². The van der Waals surface area contributed by atoms with E-state index in [4.69, 9.17) is 28.3 Å². The van der Waals surface area contributed by atoms with Crippen LogP contribution in [0, 0.1) is 0 Å². The zero-order chi connectivity index (χ0) is 13.8. The monoisotopic (exact) mass is 313 g/mol. The van der Waals surface area contributed by atoms with Crippen molar-refractivity contribution in [1.82, 2.24) is 4.98 Å². The fourth-order valence-electron chi connectivity index (χ4n) is 1.40. The number of hydrogen-bond acceptors (Lipinski definition) is 3. The smallest absolute Gasteiger partial charge is 0.335 e. The van der Waals surface area contributed by atoms with E-state index in [-0.39, 0.29) is 5.56 Å². The van der Waals surface area contributed by atoms with E-state index in [1.54, 1.807) is 24.4 Å². The molecule has 0 saturated heterocycles. The minimum absolute atomic E-state index is 0.184. The predicted molar refractivity (Wildman–Crippen MR) is 77.2 cm³/mol. The molecular weight excluding hydrogens is 305 g/mol. The average Bonchev–Trinajstić information content (AvgIpc) is 2.39. The van der Waals surface area contributed by atoms with Gasteiger partial charge in [0.15, 0.2) is 0 Å². The first-order chi connectivity index (χ1) is 9.06. The molecule has 1 aromatic heterocycles. The third-order valence-electron chi connectivity index (χ3n) is 2.38. The largest absolute Gasteiger partial charge is 0.478 e. The first-order valence-electron chi connectivity index (χ1n) is 5.32. The van der Waals surface area contributed by atoms with Crippen molar-refractivity contribution in [2.75, 3.05) is 0 Å². The molecule has 2 aromatic rings. The normalized spacial score (nSPS) is 10.4. The van der Waals surface area contributed by atoms with Crippen molar-refractivity contribution < 1.29 is 9.90 Å². The number of pyridine rings is 1. The second kappa shape index (κ2) is 6.28. The number of aromatic nitrogens is 1. The number of carbonyl (C=O) groups is 1. The molecule has 0 spiro atoms. The van der Waals surface area contributed by atoms with Crippen molar-refractivity contribution >= 4 is 40.9 Å². The molecule has 98 valence electrons. The second-order valence-corrected chi connectivity index (χ2v) is 5.55. The third-order valence-corrected chi connectivity index (χ3v) is 3.94. The number of benzene rings is 1. The molecule has 0 unspecified atom stereocenters. The lowest BCUT2D eigenvalue weighted by atomic mass is 10.1. The van der Waals surface area contributed by atoms with Gasteiger partial charge in [0.05, 0.1) is 15.6 Å². The Hall–Kier alpha value is -1.23. The first-order valence-corrected chi connectivity index (χ1v) is 7.06. The molecule has 0 atom stereocenters. The van der Waals surface area contributed by atoms with Gasteiger partial charge < -0.3 is 5.11 Å². The van der Waals surface area contributed by atoms with Gasteiger partial charge in [0, 0.05) is 17.0 Å². The highest BCUT2D eigenvalue weighted by atomic mass is 35.5. The molecule has 1 N–H and O–H groups in total. The zero-order valence-corrected chi connectivity index (χ0v) is 12.0. The van der Waals surface area contributed by atoms with Gasteiger partial charge in [-0.05, 0) is 29.8 Å². The van der Waals surface area contributed by atoms with Crippen molar-refractivity contribution in [3.8, 4) is 0 Å². The van der Waals surface area contributed by atoms with Crippen molar-refractivity contribution in [3.05, 3.63) is 57.7 Å². The van der Waals surface area contributed by atoms with Gasteiger partial charge in [0.2, 0.25) is 0 Å². The van der Waals surface area contributed by atoms with Crippen LogP contribution in [0.5, 0.6) is 0 Å². The summed E-state index contributed by atoms with van der Waals surface area (Å²) >= 11 is 13.3. The molecule has 0 aliphatic rings. The Balaban J connectivity index is 2.07. The Labute approximate surface area is 124 Å². The SMILES string of the molecule is O=C(O)c1ccc(CSc2ccc(Cl)cn2)c(Cl)c1. The maximum Gasteiger partial charge on any atom is 0.335 e. The molecule has 2 rings (SSSR count). The number of carboxylic acids is 1. The summed E-state index contributed by atoms with van der Waals surface area (Å²) in [5.74, 6) is -0.367. The molecule has 6 heteroatoms. The molecule has 19 heavy (non-hydrogen) atoms. The Morgan fingerprint density at radius 3 is 2.63 bits per heavy atom. The van der Waals surface area contributed by atoms with E-state index in [1.165, 1.54) is 17.8 Å². The van der Waals surface area contributed by atoms with Crippen LogP contribution in [0.25, 0.3) is 0 Å². The Bertz CT molecular complexity index is 602. The van der Waals surface area contributed by atoms with Gasteiger partial charge in [0.1, 0.15) is 0 Å². The topological polar surface area (TPSA) is 50.2 Å². The molecule has 1 aromatic carbocycles. The summed E-state index contributed by atoms with van der Waals surface area (Å²) in [5, 5.41) is 10.7. The molecule has 0 radical (unpaired) electrons. The highest BCUT2D eigenvalue weighted by Crippen LogP contribution is 2.26. The second-order valence-electron chi connectivity index (χ2n) is 3.71. The average molecular weight is 314 g/mol. The van der Waals surface area contributed by atoms with E-state index >= 15 is 0 Å². The standard InChI is InChI=1S/C13H9Cl2NO2S/c14-10-3-4-12(16-6-10)19-7-9-2-1-8(13(17)18)5-11(9)15/h1-6H,7H2,(H,17,18). The summed E-state index contributed by atoms with van der Waals surface area (Å²) < 4.78 is 0. The Morgan fingerprint density at radius 1 is 1.26 bits per heavy atom. The van der Waals surface area contributed by atoms with Gasteiger partial charge in [-0.2, -0.15) is 0 Å². The molecule has 0 amide bonds. The lowest BCUT2D eigenvalue weighted by molar-refractivity contribution is 0.0697. The minimum atomic E-state index is -0.986. The van der Waals surface area contributed by atoms with Crippen LogP contribution in [0.1, 0.15) is 15.9 Å². The van der Waals surface area contributed by atoms with E-state index in [0.29, 0.717) is 15.8 Å². The molecule has 1 heterocycles. The van der Waals surface area contributed by atoms with E-state index in [1.807, 2.05) is 6.07 Å². The fourth-order valence-corrected chi connectivity index (χ4v) is 2.68. The van der Waals surface area contributed by atoms with Gasteiger partial charge in [-0.25, -0.2) is 9.78 Å². The van der Waals surface area contributed by atoms with Crippen LogP contribution in [0.3, 0.4) is 0 Å². The molecule has 0 aliphatic heterocycles. The first kappa shape index (κ1) is 14.2. The van der Waals surface area contributed by atoms with Gasteiger partial charge in [-0.1, -0.05) is 29.3 Å². The lowest BCUT2D eigenvalue weighted by Gasteiger charge is -2.05. The van der Waals surface area contributed by atoms with Crippen LogP contribution in [0.15, 0.2) is 41.6 Å². The predicted octanol–water partition coefficient (Wildman–Crippen LogP) is 4.38. The van der Waals surface area contributed by atoms with E-state index in [2.05, 4.69) is 4.98 Å². The molecular formula is C13H9Cl2NO2S. The number of rotatable bonds is 4. The summed E-state index contributed by atoms with van der Waals surface area (Å²) in [5.41, 5.74) is 1.05. The van der Waals surface area contributed by atoms with E-state index in [0.717, 1.165) is 10.6 Å². The van der Waals surface area contributed by atoms with E-state index in [9.17, 15) is 4.79 Å². The van der Waals surface area contributed by atoms with Crippen LogP contribution < -0.4 is 0 Å². The summed E-state index contributed by atoms with van der Waals surface area (Å²) in [6.45, 7) is 0. The number of aromatic carboxylic acids is 1. The number of hydrogen-bond donors (Lipinski definition) is 1. The minimum Gasteiger partial charge on any atom is -0.478 e. The van der Waals surface area contributed by atoms with Gasteiger partial charge in [0.25, 0.3) is 0 Å². The zero-order valence-electron chi connectivity index (χ0n) is 9.64. The number of halogens is 2. The quantitative estimate of drug-likeness (QED) is 0.851. The number of carboxylic acid groups (broad SMARTS) is 1. The van der Waals surface area contributed by atoms with Crippen LogP contribution in [-0.4, -0.2) is 16.1 Å². The van der Waals surface area contributed by atoms with Crippen LogP contribution in [-0.2, 0) is 5.75 Å². The molecule has 0 aliphatic carbocycles. The van der Waals surface area contributed by atoms with Crippen LogP contribution in [0.4, 0.5) is 0 Å². The summed E-state index contributed by atoms with van der Waals surface area (Å²) in [6, 6.07) is 8.31. The lowest BCUT2D eigenvalue weighted by Crippen LogP contribution is -1.96. The molecule has 3 nitrogen and oxygen atoms in total. The number of nitrogens with zero attached hydrogens (tertiary/aromatic N) is 1. The summed E-state index contributed by atoms with van der Waals surface area (Å²) in [6.07, 6.45) is 1.58. The summed E-state index contributed by atoms with van der Waals surface area (Å²) in [7, 11) is 0. The van der Waals surface area contributed by atoms with E-state index < -0.39 is 5.97 Å². The van der Waals surface area contributed by atoms with Crippen molar-refractivity contribution in [2.45, 2.75) is 10.8 Å². The Kier molecular flexibility index (Phi) is 4.69. The molecule has 0 bridgehead atoms. The van der Waals surface area contributed by atoms with Crippen molar-refractivity contribution in [2.24, 2.45) is 0 Å². The fraction of sp³-hybridized carbons (Fsp3) is 0.0769. The highest BCUT2D eigenvalue weighted by Gasteiger charge is 2.07. The Morgan fingerprint density at radius 2 is 2.05 bits per heavy atom. The van der Waals surface area contributed by atoms with Gasteiger partial charge >= 0.3 is 5.97 Å². The maximum atomic E-state index is 10.8. The summed E-state index contributed by atoms with van der Waals surface area (Å²) in [4.78, 5) is 15.0. The number of thioether (sulfide) groups is 1.